The monoisotopic (exact) mass is 501 g/mol. The number of rotatable bonds is 9. The van der Waals surface area contributed by atoms with Crippen molar-refractivity contribution in [3.05, 3.63) is 88.5 Å². The van der Waals surface area contributed by atoms with Gasteiger partial charge in [-0.1, -0.05) is 12.1 Å². The predicted molar refractivity (Wildman–Crippen MR) is 131 cm³/mol. The Kier molecular flexibility index (Phi) is 7.90. The van der Waals surface area contributed by atoms with Crippen LogP contribution in [0.25, 0.3) is 0 Å². The third-order valence-corrected chi connectivity index (χ3v) is 6.69. The van der Waals surface area contributed by atoms with Gasteiger partial charge in [-0.2, -0.15) is 0 Å². The fourth-order valence-electron chi connectivity index (χ4n) is 4.04. The van der Waals surface area contributed by atoms with Crippen LogP contribution >= 0.6 is 11.9 Å². The average molecular weight is 502 g/mol. The maximum absolute atomic E-state index is 14.2. The van der Waals surface area contributed by atoms with E-state index in [1.54, 1.807) is 28.6 Å². The highest BCUT2D eigenvalue weighted by Crippen LogP contribution is 2.41. The molecule has 3 aromatic carbocycles. The molecule has 0 fully saturated rings. The Labute approximate surface area is 207 Å². The van der Waals surface area contributed by atoms with Crippen molar-refractivity contribution < 1.29 is 27.4 Å². The number of carbonyl (C=O) groups is 1. The van der Waals surface area contributed by atoms with Gasteiger partial charge in [-0.05, 0) is 91.2 Å². The van der Waals surface area contributed by atoms with E-state index in [-0.39, 0.29) is 13.2 Å². The van der Waals surface area contributed by atoms with Crippen LogP contribution in [-0.2, 0) is 24.2 Å². The topological polar surface area (TPSA) is 38.8 Å². The number of methoxy groups -OCH3 is 1. The maximum atomic E-state index is 14.2. The summed E-state index contributed by atoms with van der Waals surface area (Å²) in [5.74, 6) is -1.24. The lowest BCUT2D eigenvalue weighted by Gasteiger charge is -2.27. The number of nitrogens with zero attached hydrogens (tertiary/aromatic N) is 1. The molecule has 8 heteroatoms. The number of hydrogen-bond donors (Lipinski definition) is 0. The number of anilines is 1. The van der Waals surface area contributed by atoms with Crippen molar-refractivity contribution in [2.45, 2.75) is 43.9 Å². The summed E-state index contributed by atoms with van der Waals surface area (Å²) in [4.78, 5) is 12.0. The minimum absolute atomic E-state index is 0.00573. The first kappa shape index (κ1) is 25.0. The van der Waals surface area contributed by atoms with Gasteiger partial charge >= 0.3 is 5.97 Å². The molecule has 1 atom stereocenters. The van der Waals surface area contributed by atoms with Crippen LogP contribution in [0.15, 0.2) is 59.5 Å². The molecule has 0 amide bonds. The molecule has 0 heterocycles. The summed E-state index contributed by atoms with van der Waals surface area (Å²) < 4.78 is 54.4. The van der Waals surface area contributed by atoms with E-state index in [0.717, 1.165) is 48.4 Å². The van der Waals surface area contributed by atoms with Crippen LogP contribution in [0.1, 0.15) is 40.4 Å². The molecule has 4 rings (SSSR count). The van der Waals surface area contributed by atoms with Crippen molar-refractivity contribution >= 4 is 23.6 Å². The normalized spacial score (nSPS) is 13.3. The third kappa shape index (κ3) is 6.31. The first-order valence-corrected chi connectivity index (χ1v) is 12.1. The van der Waals surface area contributed by atoms with Crippen molar-refractivity contribution in [1.82, 2.24) is 0 Å². The van der Waals surface area contributed by atoms with Crippen LogP contribution in [0.4, 0.5) is 18.9 Å². The van der Waals surface area contributed by atoms with E-state index in [1.165, 1.54) is 31.7 Å². The van der Waals surface area contributed by atoms with Gasteiger partial charge in [0.15, 0.2) is 0 Å². The number of aryl methyl sites for hydroxylation is 2. The average Bonchev–Trinajstić information content (AvgIpc) is 3.28. The van der Waals surface area contributed by atoms with Gasteiger partial charge in [0.2, 0.25) is 0 Å². The fourth-order valence-corrected chi connectivity index (χ4v) is 5.14. The molecule has 0 aliphatic heterocycles. The molecular weight excluding hydrogens is 475 g/mol. The van der Waals surface area contributed by atoms with Crippen LogP contribution in [0, 0.1) is 11.6 Å². The van der Waals surface area contributed by atoms with E-state index in [2.05, 4.69) is 0 Å². The zero-order valence-electron chi connectivity index (χ0n) is 19.5. The number of benzene rings is 3. The number of alkyl halides is 1. The molecule has 0 radical (unpaired) electrons. The Bertz CT molecular complexity index is 1180. The van der Waals surface area contributed by atoms with Gasteiger partial charge in [-0.3, -0.25) is 0 Å². The summed E-state index contributed by atoms with van der Waals surface area (Å²) in [6.07, 6.45) is 1.68. The largest absolute Gasteiger partial charge is 0.487 e. The molecular formula is C27H26F3NO3S. The molecule has 1 aliphatic rings. The molecule has 0 saturated carbocycles. The summed E-state index contributed by atoms with van der Waals surface area (Å²) in [5, 5.41) is 0. The van der Waals surface area contributed by atoms with Crippen LogP contribution in [0.3, 0.4) is 0 Å². The van der Waals surface area contributed by atoms with Crippen LogP contribution in [-0.4, -0.2) is 25.8 Å². The Morgan fingerprint density at radius 3 is 2.31 bits per heavy atom. The smallest absolute Gasteiger partial charge is 0.337 e. The molecule has 184 valence electrons. The molecule has 3 aromatic rings. The van der Waals surface area contributed by atoms with Crippen molar-refractivity contribution in [3.8, 4) is 5.75 Å². The van der Waals surface area contributed by atoms with Crippen molar-refractivity contribution in [1.29, 1.82) is 0 Å². The lowest BCUT2D eigenvalue weighted by Crippen LogP contribution is -2.23. The molecule has 1 unspecified atom stereocenters. The van der Waals surface area contributed by atoms with Gasteiger partial charge in [0.1, 0.15) is 30.2 Å². The minimum Gasteiger partial charge on any atom is -0.487 e. The molecule has 0 N–H and O–H groups in total. The molecule has 0 aromatic heterocycles. The summed E-state index contributed by atoms with van der Waals surface area (Å²) in [6.45, 7) is 1.67. The number of carbonyl (C=O) groups excluding carboxylic acids is 1. The SMILES string of the molecule is COC(=O)c1ccc(COc2cc3c(cc2N(CC(C)F)Sc2cc(F)cc(F)c2)CCC3)cc1. The lowest BCUT2D eigenvalue weighted by atomic mass is 10.1. The van der Waals surface area contributed by atoms with Crippen LogP contribution in [0.5, 0.6) is 5.75 Å². The Morgan fingerprint density at radius 2 is 1.69 bits per heavy atom. The summed E-state index contributed by atoms with van der Waals surface area (Å²) in [7, 11) is 1.33. The van der Waals surface area contributed by atoms with Crippen molar-refractivity contribution in [2.24, 2.45) is 0 Å². The second-order valence-corrected chi connectivity index (χ2v) is 9.55. The number of hydrogen-bond acceptors (Lipinski definition) is 5. The maximum Gasteiger partial charge on any atom is 0.337 e. The summed E-state index contributed by atoms with van der Waals surface area (Å²) in [6, 6.07) is 14.1. The second-order valence-electron chi connectivity index (χ2n) is 8.46. The van der Waals surface area contributed by atoms with Gasteiger partial charge in [0.05, 0.1) is 24.9 Å². The van der Waals surface area contributed by atoms with Gasteiger partial charge in [0, 0.05) is 11.0 Å². The summed E-state index contributed by atoms with van der Waals surface area (Å²) >= 11 is 1.07. The number of esters is 1. The number of ether oxygens (including phenoxy) is 2. The second kappa shape index (κ2) is 11.1. The third-order valence-electron chi connectivity index (χ3n) is 5.68. The highest BCUT2D eigenvalue weighted by molar-refractivity contribution is 8.00. The Hall–Kier alpha value is -3.13. The van der Waals surface area contributed by atoms with E-state index in [9.17, 15) is 18.0 Å². The van der Waals surface area contributed by atoms with Gasteiger partial charge in [0.25, 0.3) is 0 Å². The molecule has 35 heavy (non-hydrogen) atoms. The minimum atomic E-state index is -1.19. The van der Waals surface area contributed by atoms with E-state index >= 15 is 0 Å². The quantitative estimate of drug-likeness (QED) is 0.241. The van der Waals surface area contributed by atoms with Gasteiger partial charge < -0.3 is 13.8 Å². The van der Waals surface area contributed by atoms with Gasteiger partial charge in [-0.25, -0.2) is 18.0 Å². The van der Waals surface area contributed by atoms with E-state index < -0.39 is 23.8 Å². The predicted octanol–water partition coefficient (Wildman–Crippen LogP) is 6.69. The highest BCUT2D eigenvalue weighted by Gasteiger charge is 2.22. The highest BCUT2D eigenvalue weighted by atomic mass is 32.2. The van der Waals surface area contributed by atoms with E-state index in [0.29, 0.717) is 21.9 Å². The first-order chi connectivity index (χ1) is 16.8. The van der Waals surface area contributed by atoms with E-state index in [1.807, 2.05) is 12.1 Å². The Balaban J connectivity index is 1.63. The fraction of sp³-hybridized carbons (Fsp3) is 0.296. The van der Waals surface area contributed by atoms with Crippen molar-refractivity contribution in [3.63, 3.8) is 0 Å². The molecule has 0 saturated heterocycles. The zero-order valence-corrected chi connectivity index (χ0v) is 20.3. The Morgan fingerprint density at radius 1 is 1.03 bits per heavy atom. The molecule has 0 spiro atoms. The van der Waals surface area contributed by atoms with Crippen LogP contribution in [0.2, 0.25) is 0 Å². The van der Waals surface area contributed by atoms with Crippen LogP contribution < -0.4 is 9.04 Å². The number of fused-ring (bicyclic) bond motifs is 1. The molecule has 0 bridgehead atoms. The number of halogens is 3. The van der Waals surface area contributed by atoms with E-state index in [4.69, 9.17) is 9.47 Å². The zero-order chi connectivity index (χ0) is 24.9. The van der Waals surface area contributed by atoms with Crippen molar-refractivity contribution in [2.75, 3.05) is 18.0 Å². The standard InChI is InChI=1S/C27H26F3NO3S/c1-17(28)15-31(35-24-13-22(29)12-23(30)14-24)25-10-20-4-3-5-21(20)11-26(25)34-16-18-6-8-19(9-7-18)27(32)33-2/h6-14,17H,3-5,15-16H2,1-2H3. The first-order valence-electron chi connectivity index (χ1n) is 11.3. The van der Waals surface area contributed by atoms with Gasteiger partial charge in [-0.15, -0.1) is 0 Å². The molecule has 4 nitrogen and oxygen atoms in total. The lowest BCUT2D eigenvalue weighted by molar-refractivity contribution is 0.0600. The summed E-state index contributed by atoms with van der Waals surface area (Å²) in [5.41, 5.74) is 4.28. The molecule has 1 aliphatic carbocycles.